The van der Waals surface area contributed by atoms with E-state index in [1.807, 2.05) is 0 Å². The Kier molecular flexibility index (Phi) is 16.7. The zero-order chi connectivity index (χ0) is 17.2. The van der Waals surface area contributed by atoms with Gasteiger partial charge in [0.1, 0.15) is 11.6 Å². The van der Waals surface area contributed by atoms with Gasteiger partial charge in [-0.05, 0) is 39.0 Å². The molecule has 0 aromatic carbocycles. The van der Waals surface area contributed by atoms with Crippen molar-refractivity contribution in [3.05, 3.63) is 12.2 Å². The van der Waals surface area contributed by atoms with Crippen LogP contribution in [0.1, 0.15) is 110 Å². The molecular weight excluding hydrogens is 284 g/mol. The predicted octanol–water partition coefficient (Wildman–Crippen LogP) is 6.57. The van der Waals surface area contributed by atoms with Crippen molar-refractivity contribution in [2.24, 2.45) is 0 Å². The van der Waals surface area contributed by atoms with Gasteiger partial charge in [-0.15, -0.1) is 0 Å². The second-order valence-electron chi connectivity index (χ2n) is 6.75. The Hall–Kier alpha value is -0.920. The molecule has 2 heteroatoms. The number of Topliss-reactive ketones (excluding diaryl/α,β-unsaturated/α-hetero) is 2. The topological polar surface area (TPSA) is 34.1 Å². The summed E-state index contributed by atoms with van der Waals surface area (Å²) in [5, 5.41) is 0. The van der Waals surface area contributed by atoms with Gasteiger partial charge in [-0.1, -0.05) is 70.4 Å². The van der Waals surface area contributed by atoms with Crippen LogP contribution in [-0.4, -0.2) is 11.6 Å². The van der Waals surface area contributed by atoms with Gasteiger partial charge in [0.2, 0.25) is 0 Å². The van der Waals surface area contributed by atoms with E-state index >= 15 is 0 Å². The highest BCUT2D eigenvalue weighted by molar-refractivity contribution is 5.97. The molecule has 0 amide bonds. The summed E-state index contributed by atoms with van der Waals surface area (Å²) in [5.41, 5.74) is 0. The lowest BCUT2D eigenvalue weighted by Gasteiger charge is -2.00. The van der Waals surface area contributed by atoms with Crippen LogP contribution in [-0.2, 0) is 9.59 Å². The molecule has 0 aliphatic rings. The zero-order valence-electron chi connectivity index (χ0n) is 15.6. The summed E-state index contributed by atoms with van der Waals surface area (Å²) >= 11 is 0. The molecule has 0 bridgehead atoms. The van der Waals surface area contributed by atoms with E-state index in [-0.39, 0.29) is 18.0 Å². The van der Waals surface area contributed by atoms with Crippen LogP contribution in [0.15, 0.2) is 12.2 Å². The van der Waals surface area contributed by atoms with Crippen molar-refractivity contribution >= 4 is 11.6 Å². The van der Waals surface area contributed by atoms with E-state index in [0.717, 1.165) is 12.8 Å². The van der Waals surface area contributed by atoms with Crippen molar-refractivity contribution in [3.8, 4) is 0 Å². The smallest absolute Gasteiger partial charge is 0.140 e. The van der Waals surface area contributed by atoms with Crippen molar-refractivity contribution in [3.63, 3.8) is 0 Å². The lowest BCUT2D eigenvalue weighted by Crippen LogP contribution is -2.03. The fourth-order valence-corrected chi connectivity index (χ4v) is 2.76. The van der Waals surface area contributed by atoms with Gasteiger partial charge in [-0.25, -0.2) is 0 Å². The Morgan fingerprint density at radius 2 is 1.17 bits per heavy atom. The van der Waals surface area contributed by atoms with Crippen LogP contribution in [0.3, 0.4) is 0 Å². The summed E-state index contributed by atoms with van der Waals surface area (Å²) in [6.45, 7) is 3.74. The SMILES string of the molecule is CCCCCCCCC=CCCCCCCCC(=O)CC(C)=O. The summed E-state index contributed by atoms with van der Waals surface area (Å²) < 4.78 is 0. The number of hydrogen-bond donors (Lipinski definition) is 0. The van der Waals surface area contributed by atoms with E-state index < -0.39 is 0 Å². The first kappa shape index (κ1) is 22.1. The largest absolute Gasteiger partial charge is 0.300 e. The molecule has 2 nitrogen and oxygen atoms in total. The fourth-order valence-electron chi connectivity index (χ4n) is 2.76. The van der Waals surface area contributed by atoms with Crippen LogP contribution in [0.4, 0.5) is 0 Å². The molecule has 0 saturated carbocycles. The van der Waals surface area contributed by atoms with Crippen LogP contribution in [0.25, 0.3) is 0 Å². The Balaban J connectivity index is 3.19. The average molecular weight is 323 g/mol. The Morgan fingerprint density at radius 3 is 1.70 bits per heavy atom. The normalized spacial score (nSPS) is 11.2. The van der Waals surface area contributed by atoms with Gasteiger partial charge in [0, 0.05) is 6.42 Å². The fraction of sp³-hybridized carbons (Fsp3) is 0.810. The molecule has 0 saturated heterocycles. The number of carbonyl (C=O) groups is 2. The third kappa shape index (κ3) is 19.0. The molecule has 0 aromatic rings. The summed E-state index contributed by atoms with van der Waals surface area (Å²) in [6.07, 6.45) is 21.8. The molecule has 134 valence electrons. The third-order valence-electron chi connectivity index (χ3n) is 4.16. The molecule has 0 aromatic heterocycles. The van der Waals surface area contributed by atoms with E-state index in [1.54, 1.807) is 0 Å². The minimum atomic E-state index is -0.0113. The highest BCUT2D eigenvalue weighted by Crippen LogP contribution is 2.10. The van der Waals surface area contributed by atoms with Gasteiger partial charge in [0.25, 0.3) is 0 Å². The minimum absolute atomic E-state index is 0.0113. The monoisotopic (exact) mass is 322 g/mol. The Bertz CT molecular complexity index is 318. The van der Waals surface area contributed by atoms with Gasteiger partial charge < -0.3 is 0 Å². The van der Waals surface area contributed by atoms with Crippen molar-refractivity contribution < 1.29 is 9.59 Å². The van der Waals surface area contributed by atoms with E-state index in [4.69, 9.17) is 0 Å². The van der Waals surface area contributed by atoms with E-state index in [9.17, 15) is 9.59 Å². The van der Waals surface area contributed by atoms with Crippen molar-refractivity contribution in [2.45, 2.75) is 110 Å². The highest BCUT2D eigenvalue weighted by atomic mass is 16.1. The first-order chi connectivity index (χ1) is 11.2. The summed E-state index contributed by atoms with van der Waals surface area (Å²) in [4.78, 5) is 22.1. The first-order valence-corrected chi connectivity index (χ1v) is 9.83. The number of unbranched alkanes of at least 4 members (excludes halogenated alkanes) is 11. The van der Waals surface area contributed by atoms with Gasteiger partial charge >= 0.3 is 0 Å². The summed E-state index contributed by atoms with van der Waals surface area (Å²) in [5.74, 6) is 0.0953. The maximum atomic E-state index is 11.4. The molecule has 0 aliphatic carbocycles. The van der Waals surface area contributed by atoms with E-state index in [2.05, 4.69) is 19.1 Å². The van der Waals surface area contributed by atoms with Crippen LogP contribution in [0, 0.1) is 0 Å². The van der Waals surface area contributed by atoms with Gasteiger partial charge in [0.15, 0.2) is 0 Å². The average Bonchev–Trinajstić information content (AvgIpc) is 2.50. The predicted molar refractivity (Wildman–Crippen MR) is 99.8 cm³/mol. The molecule has 0 atom stereocenters. The number of ketones is 2. The van der Waals surface area contributed by atoms with Crippen LogP contribution in [0.5, 0.6) is 0 Å². The van der Waals surface area contributed by atoms with Crippen LogP contribution >= 0.6 is 0 Å². The quantitative estimate of drug-likeness (QED) is 0.172. The minimum Gasteiger partial charge on any atom is -0.300 e. The zero-order valence-corrected chi connectivity index (χ0v) is 15.6. The molecule has 0 fully saturated rings. The Labute approximate surface area is 144 Å². The lowest BCUT2D eigenvalue weighted by molar-refractivity contribution is -0.125. The number of rotatable bonds is 17. The molecule has 0 rings (SSSR count). The molecule has 0 radical (unpaired) electrons. The molecular formula is C21H38O2. The van der Waals surface area contributed by atoms with Crippen LogP contribution < -0.4 is 0 Å². The van der Waals surface area contributed by atoms with Crippen molar-refractivity contribution in [2.75, 3.05) is 0 Å². The summed E-state index contributed by atoms with van der Waals surface area (Å²) in [7, 11) is 0. The van der Waals surface area contributed by atoms with Gasteiger partial charge in [-0.3, -0.25) is 9.59 Å². The molecule has 0 aliphatic heterocycles. The number of hydrogen-bond acceptors (Lipinski definition) is 2. The number of allylic oxidation sites excluding steroid dienone is 2. The summed E-state index contributed by atoms with van der Waals surface area (Å²) in [6, 6.07) is 0. The molecule has 0 N–H and O–H groups in total. The third-order valence-corrected chi connectivity index (χ3v) is 4.16. The highest BCUT2D eigenvalue weighted by Gasteiger charge is 2.04. The molecule has 0 heterocycles. The van der Waals surface area contributed by atoms with Gasteiger partial charge in [0.05, 0.1) is 6.42 Å². The molecule has 23 heavy (non-hydrogen) atoms. The van der Waals surface area contributed by atoms with Crippen molar-refractivity contribution in [1.29, 1.82) is 0 Å². The van der Waals surface area contributed by atoms with Gasteiger partial charge in [-0.2, -0.15) is 0 Å². The van der Waals surface area contributed by atoms with E-state index in [0.29, 0.717) is 6.42 Å². The Morgan fingerprint density at radius 1 is 0.696 bits per heavy atom. The maximum Gasteiger partial charge on any atom is 0.140 e. The van der Waals surface area contributed by atoms with E-state index in [1.165, 1.54) is 77.6 Å². The number of carbonyl (C=O) groups excluding carboxylic acids is 2. The maximum absolute atomic E-state index is 11.4. The lowest BCUT2D eigenvalue weighted by atomic mass is 10.1. The second kappa shape index (κ2) is 17.4. The second-order valence-corrected chi connectivity index (χ2v) is 6.75. The first-order valence-electron chi connectivity index (χ1n) is 9.83. The molecule has 0 unspecified atom stereocenters. The standard InChI is InChI=1S/C21H38O2/c1-3-4-5-6-7-8-9-10-11-12-13-14-15-16-17-18-21(23)19-20(2)22/h10-11H,3-9,12-19H2,1-2H3. The molecule has 0 spiro atoms. The van der Waals surface area contributed by atoms with Crippen LogP contribution in [0.2, 0.25) is 0 Å². The van der Waals surface area contributed by atoms with Crippen molar-refractivity contribution in [1.82, 2.24) is 0 Å².